The third kappa shape index (κ3) is 4.97. The fourth-order valence-corrected chi connectivity index (χ4v) is 4.64. The van der Waals surface area contributed by atoms with Crippen LogP contribution >= 0.6 is 34.3 Å². The Balaban J connectivity index is 1.52. The number of rotatable bonds is 6. The lowest BCUT2D eigenvalue weighted by Crippen LogP contribution is -2.07. The summed E-state index contributed by atoms with van der Waals surface area (Å²) in [5.41, 5.74) is 3.04. The van der Waals surface area contributed by atoms with Gasteiger partial charge >= 0.3 is 0 Å². The molecule has 1 aromatic carbocycles. The van der Waals surface area contributed by atoms with Gasteiger partial charge < -0.3 is 10.6 Å². The molecule has 0 aliphatic rings. The molecule has 0 saturated heterocycles. The molecule has 2 N–H and O–H groups in total. The molecule has 4 aromatic rings. The summed E-state index contributed by atoms with van der Waals surface area (Å²) in [5.74, 6) is 0.416. The monoisotopic (exact) mass is 441 g/mol. The van der Waals surface area contributed by atoms with Crippen LogP contribution in [-0.2, 0) is 11.2 Å². The minimum atomic E-state index is -0.138. The molecule has 0 bridgehead atoms. The summed E-state index contributed by atoms with van der Waals surface area (Å²) in [7, 11) is 0. The highest BCUT2D eigenvalue weighted by atomic mass is 35.5. The van der Waals surface area contributed by atoms with Gasteiger partial charge in [-0.15, -0.1) is 21.5 Å². The second kappa shape index (κ2) is 8.69. The molecule has 0 spiro atoms. The quantitative estimate of drug-likeness (QED) is 0.406. The number of carbonyl (C=O) groups excluding carboxylic acids is 1. The number of hydrogen-bond donors (Lipinski definition) is 2. The van der Waals surface area contributed by atoms with Crippen molar-refractivity contribution in [3.8, 4) is 10.6 Å². The molecule has 4 rings (SSSR count). The van der Waals surface area contributed by atoms with E-state index in [4.69, 9.17) is 11.6 Å². The molecule has 3 aromatic heterocycles. The van der Waals surface area contributed by atoms with E-state index in [9.17, 15) is 4.79 Å². The molecular formula is C20H16ClN5OS2. The molecule has 0 radical (unpaired) electrons. The van der Waals surface area contributed by atoms with Crippen LogP contribution in [0.3, 0.4) is 0 Å². The molecule has 0 atom stereocenters. The zero-order valence-corrected chi connectivity index (χ0v) is 17.7. The van der Waals surface area contributed by atoms with Crippen molar-refractivity contribution in [1.29, 1.82) is 0 Å². The number of amides is 1. The van der Waals surface area contributed by atoms with Crippen LogP contribution in [0.1, 0.15) is 17.4 Å². The van der Waals surface area contributed by atoms with Gasteiger partial charge in [-0.2, -0.15) is 0 Å². The van der Waals surface area contributed by atoms with Gasteiger partial charge in [-0.3, -0.25) is 4.79 Å². The van der Waals surface area contributed by atoms with Crippen molar-refractivity contribution in [2.75, 3.05) is 10.6 Å². The number of anilines is 3. The van der Waals surface area contributed by atoms with Crippen molar-refractivity contribution >= 4 is 56.8 Å². The summed E-state index contributed by atoms with van der Waals surface area (Å²) in [5, 5.41) is 18.9. The predicted molar refractivity (Wildman–Crippen MR) is 119 cm³/mol. The molecule has 0 unspecified atom stereocenters. The zero-order valence-electron chi connectivity index (χ0n) is 15.3. The lowest BCUT2D eigenvalue weighted by atomic mass is 10.1. The molecule has 3 heterocycles. The molecule has 0 saturated carbocycles. The van der Waals surface area contributed by atoms with Crippen LogP contribution in [0.5, 0.6) is 0 Å². The van der Waals surface area contributed by atoms with Crippen LogP contribution < -0.4 is 10.6 Å². The standard InChI is InChI=1S/C20H16ClN5OS2/c1-12(27)23-18-11-13(6-8-22-18)10-17-16(7-9-28-17)19-25-26-20(29-19)24-15-4-2-14(21)3-5-15/h2-9,11H,10H2,1H3,(H,24,26)(H,22,23,27). The van der Waals surface area contributed by atoms with Gasteiger partial charge in [-0.25, -0.2) is 4.98 Å². The average Bonchev–Trinajstić information content (AvgIpc) is 3.32. The van der Waals surface area contributed by atoms with Crippen molar-refractivity contribution < 1.29 is 4.79 Å². The Hall–Kier alpha value is -2.81. The SMILES string of the molecule is CC(=O)Nc1cc(Cc2sccc2-c2nnc(Nc3ccc(Cl)cc3)s2)ccn1. The smallest absolute Gasteiger partial charge is 0.222 e. The molecular weight excluding hydrogens is 426 g/mol. The molecule has 6 nitrogen and oxygen atoms in total. The number of nitrogens with one attached hydrogen (secondary N) is 2. The van der Waals surface area contributed by atoms with Gasteiger partial charge in [0, 0.05) is 40.7 Å². The summed E-state index contributed by atoms with van der Waals surface area (Å²) in [6.45, 7) is 1.47. The van der Waals surface area contributed by atoms with Crippen molar-refractivity contribution in [2.45, 2.75) is 13.3 Å². The van der Waals surface area contributed by atoms with Crippen LogP contribution in [0.15, 0.2) is 54.0 Å². The first kappa shape index (κ1) is 19.5. The summed E-state index contributed by atoms with van der Waals surface area (Å²) in [6, 6.07) is 13.3. The first-order chi connectivity index (χ1) is 14.1. The van der Waals surface area contributed by atoms with E-state index in [0.717, 1.165) is 33.4 Å². The highest BCUT2D eigenvalue weighted by molar-refractivity contribution is 7.19. The Morgan fingerprint density at radius 1 is 1.14 bits per heavy atom. The zero-order chi connectivity index (χ0) is 20.2. The van der Waals surface area contributed by atoms with E-state index in [2.05, 4.69) is 31.9 Å². The lowest BCUT2D eigenvalue weighted by molar-refractivity contribution is -0.114. The maximum absolute atomic E-state index is 11.3. The van der Waals surface area contributed by atoms with Crippen LogP contribution in [-0.4, -0.2) is 21.1 Å². The second-order valence-electron chi connectivity index (χ2n) is 6.21. The number of hydrogen-bond acceptors (Lipinski definition) is 7. The topological polar surface area (TPSA) is 79.8 Å². The summed E-state index contributed by atoms with van der Waals surface area (Å²) >= 11 is 9.09. The summed E-state index contributed by atoms with van der Waals surface area (Å²) in [6.07, 6.45) is 2.43. The van der Waals surface area contributed by atoms with E-state index in [1.54, 1.807) is 17.5 Å². The molecule has 0 aliphatic heterocycles. The van der Waals surface area contributed by atoms with E-state index in [0.29, 0.717) is 10.8 Å². The average molecular weight is 442 g/mol. The largest absolute Gasteiger partial charge is 0.330 e. The summed E-state index contributed by atoms with van der Waals surface area (Å²) in [4.78, 5) is 16.6. The molecule has 29 heavy (non-hydrogen) atoms. The number of pyridine rings is 1. The number of nitrogens with zero attached hydrogens (tertiary/aromatic N) is 3. The van der Waals surface area contributed by atoms with Crippen molar-refractivity contribution in [2.24, 2.45) is 0 Å². The number of benzene rings is 1. The van der Waals surface area contributed by atoms with E-state index < -0.39 is 0 Å². The van der Waals surface area contributed by atoms with Crippen molar-refractivity contribution in [1.82, 2.24) is 15.2 Å². The first-order valence-corrected chi connectivity index (χ1v) is 10.8. The highest BCUT2D eigenvalue weighted by Gasteiger charge is 2.14. The van der Waals surface area contributed by atoms with Crippen LogP contribution in [0, 0.1) is 0 Å². The van der Waals surface area contributed by atoms with Gasteiger partial charge in [0.1, 0.15) is 5.82 Å². The predicted octanol–water partition coefficient (Wildman–Crippen LogP) is 5.61. The number of thiophene rings is 1. The second-order valence-corrected chi connectivity index (χ2v) is 8.62. The third-order valence-electron chi connectivity index (χ3n) is 3.99. The van der Waals surface area contributed by atoms with E-state index in [1.165, 1.54) is 23.1 Å². The highest BCUT2D eigenvalue weighted by Crippen LogP contribution is 2.34. The lowest BCUT2D eigenvalue weighted by Gasteiger charge is -2.05. The Labute approximate surface area is 180 Å². The van der Waals surface area contributed by atoms with Crippen LogP contribution in [0.4, 0.5) is 16.6 Å². The summed E-state index contributed by atoms with van der Waals surface area (Å²) < 4.78 is 0. The molecule has 146 valence electrons. The van der Waals surface area contributed by atoms with Gasteiger partial charge in [0.15, 0.2) is 5.01 Å². The van der Waals surface area contributed by atoms with Gasteiger partial charge in [-0.1, -0.05) is 22.9 Å². The van der Waals surface area contributed by atoms with Crippen molar-refractivity contribution in [3.63, 3.8) is 0 Å². The Morgan fingerprint density at radius 3 is 2.76 bits per heavy atom. The Kier molecular flexibility index (Phi) is 5.84. The van der Waals surface area contributed by atoms with Crippen LogP contribution in [0.2, 0.25) is 5.02 Å². The molecule has 1 amide bonds. The Bertz CT molecular complexity index is 1140. The fourth-order valence-electron chi connectivity index (χ4n) is 2.73. The van der Waals surface area contributed by atoms with E-state index >= 15 is 0 Å². The fraction of sp³-hybridized carbons (Fsp3) is 0.100. The number of carbonyl (C=O) groups is 1. The van der Waals surface area contributed by atoms with Gasteiger partial charge in [0.2, 0.25) is 11.0 Å². The van der Waals surface area contributed by atoms with Gasteiger partial charge in [0.05, 0.1) is 0 Å². The number of aromatic nitrogens is 3. The maximum Gasteiger partial charge on any atom is 0.222 e. The van der Waals surface area contributed by atoms with Crippen LogP contribution in [0.25, 0.3) is 10.6 Å². The minimum absolute atomic E-state index is 0.138. The first-order valence-electron chi connectivity index (χ1n) is 8.72. The van der Waals surface area contributed by atoms with E-state index in [1.807, 2.05) is 41.8 Å². The van der Waals surface area contributed by atoms with Gasteiger partial charge in [-0.05, 0) is 53.4 Å². The molecule has 0 aliphatic carbocycles. The van der Waals surface area contributed by atoms with Gasteiger partial charge in [0.25, 0.3) is 0 Å². The third-order valence-corrected chi connectivity index (χ3v) is 6.03. The minimum Gasteiger partial charge on any atom is -0.330 e. The number of halogens is 1. The molecule has 0 fully saturated rings. The van der Waals surface area contributed by atoms with Crippen molar-refractivity contribution in [3.05, 3.63) is 69.5 Å². The maximum atomic E-state index is 11.3. The van der Waals surface area contributed by atoms with E-state index in [-0.39, 0.29) is 5.91 Å². The molecule has 9 heteroatoms. The Morgan fingerprint density at radius 2 is 1.97 bits per heavy atom. The normalized spacial score (nSPS) is 10.7.